The van der Waals surface area contributed by atoms with Crippen LogP contribution in [0.25, 0.3) is 0 Å². The van der Waals surface area contributed by atoms with Crippen LogP contribution < -0.4 is 0 Å². The van der Waals surface area contributed by atoms with E-state index >= 15 is 0 Å². The predicted molar refractivity (Wildman–Crippen MR) is 85.2 cm³/mol. The average molecular weight is 295 g/mol. The zero-order valence-electron chi connectivity index (χ0n) is 13.7. The number of hydrogen-bond donors (Lipinski definition) is 1. The van der Waals surface area contributed by atoms with Crippen LogP contribution in [0.3, 0.4) is 0 Å². The molecular weight excluding hydrogens is 264 g/mol. The maximum atomic E-state index is 11.2. The average Bonchev–Trinajstić information content (AvgIpc) is 2.93. The minimum absolute atomic E-state index is 0.197. The first-order valence-electron chi connectivity index (χ1n) is 8.23. The Labute approximate surface area is 124 Å². The first-order chi connectivity index (χ1) is 9.11. The van der Waals surface area contributed by atoms with E-state index in [1.807, 2.05) is 0 Å². The van der Waals surface area contributed by atoms with Gasteiger partial charge >= 0.3 is 0 Å². The van der Waals surface area contributed by atoms with E-state index < -0.39 is 13.9 Å². The van der Waals surface area contributed by atoms with Gasteiger partial charge in [-0.2, -0.15) is 0 Å². The molecule has 3 rings (SSSR count). The summed E-state index contributed by atoms with van der Waals surface area (Å²) < 4.78 is 6.66. The van der Waals surface area contributed by atoms with Crippen LogP contribution in [-0.4, -0.2) is 24.6 Å². The lowest BCUT2D eigenvalue weighted by atomic mass is 9.71. The molecule has 0 radical (unpaired) electrons. The van der Waals surface area contributed by atoms with Gasteiger partial charge in [0.1, 0.15) is 11.2 Å². The van der Waals surface area contributed by atoms with Crippen LogP contribution in [0.15, 0.2) is 12.2 Å². The predicted octanol–water partition coefficient (Wildman–Crippen LogP) is 4.26. The molecule has 3 heteroatoms. The van der Waals surface area contributed by atoms with Gasteiger partial charge in [-0.1, -0.05) is 45.8 Å². The lowest BCUT2D eigenvalue weighted by Gasteiger charge is -2.44. The number of hydrogen-bond acceptors (Lipinski definition) is 2. The first-order valence-corrected chi connectivity index (χ1v) is 11.1. The van der Waals surface area contributed by atoms with Crippen LogP contribution in [0.1, 0.15) is 52.9 Å². The van der Waals surface area contributed by atoms with E-state index in [-0.39, 0.29) is 10.6 Å². The van der Waals surface area contributed by atoms with E-state index in [0.717, 1.165) is 6.42 Å². The minimum atomic E-state index is -1.84. The van der Waals surface area contributed by atoms with Crippen molar-refractivity contribution in [1.29, 1.82) is 0 Å². The Morgan fingerprint density at radius 1 is 1.20 bits per heavy atom. The van der Waals surface area contributed by atoms with E-state index in [1.54, 1.807) is 0 Å². The van der Waals surface area contributed by atoms with Crippen molar-refractivity contribution >= 4 is 8.32 Å². The fourth-order valence-corrected chi connectivity index (χ4v) is 5.57. The highest BCUT2D eigenvalue weighted by Gasteiger charge is 2.74. The second-order valence-corrected chi connectivity index (χ2v) is 13.5. The van der Waals surface area contributed by atoms with Gasteiger partial charge < -0.3 is 9.53 Å². The molecule has 0 spiro atoms. The van der Waals surface area contributed by atoms with Crippen LogP contribution in [0.2, 0.25) is 18.1 Å². The fourth-order valence-electron chi connectivity index (χ4n) is 4.03. The number of rotatable bonds is 2. The Bertz CT molecular complexity index is 437. The third-order valence-electron chi connectivity index (χ3n) is 6.43. The van der Waals surface area contributed by atoms with Crippen LogP contribution >= 0.6 is 0 Å². The van der Waals surface area contributed by atoms with Crippen LogP contribution in [0.4, 0.5) is 0 Å². The van der Waals surface area contributed by atoms with Gasteiger partial charge in [0.15, 0.2) is 8.32 Å². The van der Waals surface area contributed by atoms with E-state index in [9.17, 15) is 5.11 Å². The quantitative estimate of drug-likeness (QED) is 0.609. The van der Waals surface area contributed by atoms with Crippen LogP contribution in [-0.2, 0) is 4.43 Å². The Balaban J connectivity index is 1.85. The Morgan fingerprint density at radius 2 is 1.85 bits per heavy atom. The maximum absolute atomic E-state index is 11.2. The highest BCUT2D eigenvalue weighted by atomic mass is 28.4. The minimum Gasteiger partial charge on any atom is -0.405 e. The molecule has 0 unspecified atom stereocenters. The Kier molecular flexibility index (Phi) is 3.11. The van der Waals surface area contributed by atoms with Crippen molar-refractivity contribution in [3.05, 3.63) is 12.2 Å². The van der Waals surface area contributed by atoms with Crippen molar-refractivity contribution in [1.82, 2.24) is 0 Å². The Hall–Kier alpha value is -0.123. The van der Waals surface area contributed by atoms with Gasteiger partial charge in [-0.05, 0) is 42.8 Å². The highest BCUT2D eigenvalue weighted by Crippen LogP contribution is 2.65. The van der Waals surface area contributed by atoms with Crippen molar-refractivity contribution in [3.8, 4) is 0 Å². The first kappa shape index (κ1) is 14.8. The number of allylic oxidation sites excluding steroid dienone is 1. The van der Waals surface area contributed by atoms with Crippen molar-refractivity contribution in [2.75, 3.05) is 0 Å². The smallest absolute Gasteiger partial charge is 0.193 e. The van der Waals surface area contributed by atoms with Crippen molar-refractivity contribution in [2.45, 2.75) is 82.2 Å². The largest absolute Gasteiger partial charge is 0.405 e. The molecule has 0 aromatic carbocycles. The lowest BCUT2D eigenvalue weighted by molar-refractivity contribution is -0.0255. The fraction of sp³-hybridized carbons (Fsp3) is 0.882. The summed E-state index contributed by atoms with van der Waals surface area (Å²) in [6, 6.07) is 0. The second kappa shape index (κ2) is 4.20. The van der Waals surface area contributed by atoms with Gasteiger partial charge in [0.2, 0.25) is 0 Å². The maximum Gasteiger partial charge on any atom is 0.193 e. The normalized spacial score (nSPS) is 43.9. The summed E-state index contributed by atoms with van der Waals surface area (Å²) in [4.78, 5) is 0. The molecule has 0 saturated heterocycles. The molecule has 1 N–H and O–H groups in total. The monoisotopic (exact) mass is 294 g/mol. The molecule has 3 aliphatic carbocycles. The molecule has 2 fully saturated rings. The van der Waals surface area contributed by atoms with Gasteiger partial charge in [0.25, 0.3) is 0 Å². The summed E-state index contributed by atoms with van der Waals surface area (Å²) in [6.45, 7) is 11.4. The van der Waals surface area contributed by atoms with Gasteiger partial charge in [-0.25, -0.2) is 0 Å². The summed E-state index contributed by atoms with van der Waals surface area (Å²) in [5, 5.41) is 11.4. The van der Waals surface area contributed by atoms with E-state index in [4.69, 9.17) is 4.43 Å². The summed E-state index contributed by atoms with van der Waals surface area (Å²) in [5.74, 6) is 1.03. The van der Waals surface area contributed by atoms with Crippen LogP contribution in [0.5, 0.6) is 0 Å². The van der Waals surface area contributed by atoms with Gasteiger partial charge in [0, 0.05) is 6.42 Å². The molecule has 0 aromatic rings. The summed E-state index contributed by atoms with van der Waals surface area (Å²) in [5.41, 5.74) is -0.920. The molecule has 2 nitrogen and oxygen atoms in total. The van der Waals surface area contributed by atoms with Crippen molar-refractivity contribution in [2.24, 2.45) is 11.8 Å². The zero-order chi connectivity index (χ0) is 14.8. The van der Waals surface area contributed by atoms with Crippen molar-refractivity contribution in [3.63, 3.8) is 0 Å². The highest BCUT2D eigenvalue weighted by molar-refractivity contribution is 6.74. The summed E-state index contributed by atoms with van der Waals surface area (Å²) in [7, 11) is -1.84. The SMILES string of the molecule is CC(C)(C)[Si](C)(C)O[C@]12C=C[C@@H]3CCCC[C@@H]3[C@@]1(O)C2. The molecule has 0 aliphatic heterocycles. The molecular formula is C17H30O2Si. The molecule has 3 aliphatic rings. The van der Waals surface area contributed by atoms with Crippen molar-refractivity contribution < 1.29 is 9.53 Å². The summed E-state index contributed by atoms with van der Waals surface area (Å²) >= 11 is 0. The second-order valence-electron chi connectivity index (χ2n) is 8.77. The third-order valence-corrected chi connectivity index (χ3v) is 10.9. The van der Waals surface area contributed by atoms with E-state index in [2.05, 4.69) is 46.0 Å². The van der Waals surface area contributed by atoms with Crippen LogP contribution in [0, 0.1) is 11.8 Å². The Morgan fingerprint density at radius 3 is 2.50 bits per heavy atom. The third kappa shape index (κ3) is 1.97. The topological polar surface area (TPSA) is 29.5 Å². The molecule has 114 valence electrons. The van der Waals surface area contributed by atoms with Gasteiger partial charge in [-0.15, -0.1) is 0 Å². The molecule has 2 saturated carbocycles. The molecule has 0 amide bonds. The molecule has 0 bridgehead atoms. The molecule has 4 atom stereocenters. The molecule has 0 heterocycles. The van der Waals surface area contributed by atoms with Gasteiger partial charge in [-0.3, -0.25) is 0 Å². The van der Waals surface area contributed by atoms with E-state index in [0.29, 0.717) is 11.8 Å². The molecule has 20 heavy (non-hydrogen) atoms. The summed E-state index contributed by atoms with van der Waals surface area (Å²) in [6.07, 6.45) is 10.4. The lowest BCUT2D eigenvalue weighted by Crippen LogP contribution is -2.50. The number of aliphatic hydroxyl groups is 1. The van der Waals surface area contributed by atoms with E-state index in [1.165, 1.54) is 25.7 Å². The van der Waals surface area contributed by atoms with Gasteiger partial charge in [0.05, 0.1) is 0 Å². The molecule has 0 aromatic heterocycles. The number of fused-ring (bicyclic) bond motifs is 3. The zero-order valence-corrected chi connectivity index (χ0v) is 14.7. The standard InChI is InChI=1S/C17H30O2Si/c1-15(2,3)20(4,5)19-16-11-10-13-8-6-7-9-14(13)17(16,18)12-16/h10-11,13-14,18H,6-9,12H2,1-5H3/t13-,14-,16-,17-/m0/s1.